The number of ether oxygens (including phenoxy) is 2. The maximum absolute atomic E-state index is 14.5. The van der Waals surface area contributed by atoms with Crippen molar-refractivity contribution in [1.29, 1.82) is 0 Å². The number of amides is 2. The maximum Gasteiger partial charge on any atom is 0.319 e. The van der Waals surface area contributed by atoms with E-state index in [4.69, 9.17) is 9.47 Å². The average molecular weight is 351 g/mol. The van der Waals surface area contributed by atoms with Gasteiger partial charge in [0, 0.05) is 31.9 Å². The van der Waals surface area contributed by atoms with Crippen LogP contribution in [0.25, 0.3) is 0 Å². The molecule has 2 fully saturated rings. The normalized spacial score (nSPS) is 26.5. The summed E-state index contributed by atoms with van der Waals surface area (Å²) < 4.78 is 25.6. The van der Waals surface area contributed by atoms with Crippen molar-refractivity contribution in [3.63, 3.8) is 0 Å². The molecule has 25 heavy (non-hydrogen) atoms. The molecule has 2 saturated heterocycles. The number of carbonyl (C=O) groups excluding carboxylic acids is 1. The fourth-order valence-electron chi connectivity index (χ4n) is 3.40. The van der Waals surface area contributed by atoms with E-state index in [9.17, 15) is 9.18 Å². The van der Waals surface area contributed by atoms with Crippen LogP contribution in [0, 0.1) is 5.82 Å². The molecule has 0 saturated carbocycles. The minimum atomic E-state index is -0.351. The number of nitrogens with one attached hydrogen (secondary N) is 2. The molecule has 0 radical (unpaired) electrons. The minimum absolute atomic E-state index is 0.0598. The number of hydrogen-bond donors (Lipinski definition) is 2. The lowest BCUT2D eigenvalue weighted by Gasteiger charge is -2.37. The highest BCUT2D eigenvalue weighted by atomic mass is 19.1. The minimum Gasteiger partial charge on any atom is -0.376 e. The lowest BCUT2D eigenvalue weighted by atomic mass is 10.2. The first kappa shape index (κ1) is 17.9. The van der Waals surface area contributed by atoms with Crippen molar-refractivity contribution in [2.45, 2.75) is 45.0 Å². The Kier molecular flexibility index (Phi) is 5.75. The van der Waals surface area contributed by atoms with Gasteiger partial charge in [-0.1, -0.05) is 0 Å². The third kappa shape index (κ3) is 4.83. The van der Waals surface area contributed by atoms with Crippen LogP contribution in [-0.4, -0.2) is 50.6 Å². The zero-order chi connectivity index (χ0) is 17.8. The van der Waals surface area contributed by atoms with Crippen molar-refractivity contribution in [2.24, 2.45) is 0 Å². The molecular weight excluding hydrogens is 325 g/mol. The molecule has 1 aromatic carbocycles. The Morgan fingerprint density at radius 2 is 2.08 bits per heavy atom. The van der Waals surface area contributed by atoms with Gasteiger partial charge >= 0.3 is 6.03 Å². The number of hydrogen-bond acceptors (Lipinski definition) is 4. The van der Waals surface area contributed by atoms with E-state index in [1.165, 1.54) is 6.07 Å². The number of anilines is 2. The number of nitrogens with zero attached hydrogens (tertiary/aromatic N) is 1. The number of halogens is 1. The third-order valence-electron chi connectivity index (χ3n) is 4.48. The van der Waals surface area contributed by atoms with Gasteiger partial charge in [0.25, 0.3) is 0 Å². The summed E-state index contributed by atoms with van der Waals surface area (Å²) >= 11 is 0. The first-order chi connectivity index (χ1) is 12.0. The summed E-state index contributed by atoms with van der Waals surface area (Å²) in [5.74, 6) is -0.349. The fourth-order valence-corrected chi connectivity index (χ4v) is 3.40. The smallest absolute Gasteiger partial charge is 0.319 e. The molecule has 2 aliphatic heterocycles. The predicted molar refractivity (Wildman–Crippen MR) is 94.6 cm³/mol. The zero-order valence-corrected chi connectivity index (χ0v) is 14.8. The molecule has 2 aliphatic rings. The average Bonchev–Trinajstić information content (AvgIpc) is 3.05. The van der Waals surface area contributed by atoms with E-state index in [0.717, 1.165) is 19.4 Å². The largest absolute Gasteiger partial charge is 0.376 e. The maximum atomic E-state index is 14.5. The van der Waals surface area contributed by atoms with Gasteiger partial charge in [-0.25, -0.2) is 9.18 Å². The molecule has 7 heteroatoms. The van der Waals surface area contributed by atoms with Crippen molar-refractivity contribution >= 4 is 17.4 Å². The van der Waals surface area contributed by atoms with Crippen LogP contribution in [0.3, 0.4) is 0 Å². The lowest BCUT2D eigenvalue weighted by Crippen LogP contribution is -2.45. The van der Waals surface area contributed by atoms with Gasteiger partial charge in [-0.3, -0.25) is 0 Å². The van der Waals surface area contributed by atoms with Crippen LogP contribution in [0.4, 0.5) is 20.6 Å². The first-order valence-electron chi connectivity index (χ1n) is 8.87. The van der Waals surface area contributed by atoms with Crippen LogP contribution in [0.5, 0.6) is 0 Å². The van der Waals surface area contributed by atoms with Crippen molar-refractivity contribution in [2.75, 3.05) is 36.5 Å². The van der Waals surface area contributed by atoms with Gasteiger partial charge in [0.15, 0.2) is 0 Å². The van der Waals surface area contributed by atoms with Crippen molar-refractivity contribution in [3.05, 3.63) is 24.0 Å². The van der Waals surface area contributed by atoms with Crippen LogP contribution in [0.15, 0.2) is 18.2 Å². The number of benzene rings is 1. The summed E-state index contributed by atoms with van der Waals surface area (Å²) in [5.41, 5.74) is 0.966. The van der Waals surface area contributed by atoms with Gasteiger partial charge in [0.2, 0.25) is 0 Å². The molecule has 2 heterocycles. The van der Waals surface area contributed by atoms with Crippen molar-refractivity contribution in [1.82, 2.24) is 5.32 Å². The number of morpholine rings is 1. The molecular formula is C18H26FN3O3. The summed E-state index contributed by atoms with van der Waals surface area (Å²) in [6, 6.07) is 4.42. The summed E-state index contributed by atoms with van der Waals surface area (Å²) in [5, 5.41) is 5.42. The van der Waals surface area contributed by atoms with Gasteiger partial charge in [-0.15, -0.1) is 0 Å². The molecule has 0 aliphatic carbocycles. The van der Waals surface area contributed by atoms with Gasteiger partial charge in [0.05, 0.1) is 24.0 Å². The topological polar surface area (TPSA) is 62.8 Å². The number of rotatable bonds is 4. The molecule has 2 amide bonds. The Bertz CT molecular complexity index is 597. The number of urea groups is 1. The van der Waals surface area contributed by atoms with Crippen molar-refractivity contribution < 1.29 is 18.7 Å². The van der Waals surface area contributed by atoms with Crippen molar-refractivity contribution in [3.8, 4) is 0 Å². The second-order valence-corrected chi connectivity index (χ2v) is 6.80. The van der Waals surface area contributed by atoms with Gasteiger partial charge in [0.1, 0.15) is 5.82 Å². The fraction of sp³-hybridized carbons (Fsp3) is 0.611. The van der Waals surface area contributed by atoms with Crippen LogP contribution >= 0.6 is 0 Å². The summed E-state index contributed by atoms with van der Waals surface area (Å²) in [7, 11) is 0. The molecule has 6 nitrogen and oxygen atoms in total. The quantitative estimate of drug-likeness (QED) is 0.876. The highest BCUT2D eigenvalue weighted by Gasteiger charge is 2.24. The SMILES string of the molecule is CC1CN(c2ccc(NC(=O)NCC3CCCO3)cc2F)CC(C)O1. The summed E-state index contributed by atoms with van der Waals surface area (Å²) in [4.78, 5) is 13.9. The van der Waals surface area contributed by atoms with E-state index in [-0.39, 0.29) is 30.2 Å². The Labute approximate surface area is 147 Å². The molecule has 0 spiro atoms. The lowest BCUT2D eigenvalue weighted by molar-refractivity contribution is -0.00539. The molecule has 1 aromatic rings. The molecule has 3 rings (SSSR count). The molecule has 2 N–H and O–H groups in total. The van der Waals surface area contributed by atoms with E-state index in [1.807, 2.05) is 18.7 Å². The van der Waals surface area contributed by atoms with Gasteiger partial charge < -0.3 is 25.0 Å². The zero-order valence-electron chi connectivity index (χ0n) is 14.8. The van der Waals surface area contributed by atoms with Crippen LogP contribution in [0.1, 0.15) is 26.7 Å². The van der Waals surface area contributed by atoms with E-state index in [2.05, 4.69) is 10.6 Å². The Morgan fingerprint density at radius 1 is 1.32 bits per heavy atom. The van der Waals surface area contributed by atoms with Gasteiger partial charge in [-0.05, 0) is 44.9 Å². The third-order valence-corrected chi connectivity index (χ3v) is 4.48. The van der Waals surface area contributed by atoms with E-state index >= 15 is 0 Å². The van der Waals surface area contributed by atoms with Crippen LogP contribution in [-0.2, 0) is 9.47 Å². The highest BCUT2D eigenvalue weighted by molar-refractivity contribution is 5.89. The molecule has 3 atom stereocenters. The molecule has 0 aromatic heterocycles. The molecule has 3 unspecified atom stereocenters. The Balaban J connectivity index is 1.56. The van der Waals surface area contributed by atoms with E-state index in [1.54, 1.807) is 12.1 Å². The molecule has 138 valence electrons. The second-order valence-electron chi connectivity index (χ2n) is 6.80. The molecule has 0 bridgehead atoms. The first-order valence-corrected chi connectivity index (χ1v) is 8.87. The second kappa shape index (κ2) is 8.01. The van der Waals surface area contributed by atoms with Gasteiger partial charge in [-0.2, -0.15) is 0 Å². The Hall–Kier alpha value is -1.86. The van der Waals surface area contributed by atoms with E-state index in [0.29, 0.717) is 31.0 Å². The van der Waals surface area contributed by atoms with Crippen LogP contribution < -0.4 is 15.5 Å². The highest BCUT2D eigenvalue weighted by Crippen LogP contribution is 2.26. The number of carbonyl (C=O) groups is 1. The summed E-state index contributed by atoms with van der Waals surface area (Å²) in [6.45, 7) is 6.48. The Morgan fingerprint density at radius 3 is 2.72 bits per heavy atom. The predicted octanol–water partition coefficient (Wildman–Crippen LogP) is 2.74. The standard InChI is InChI=1S/C18H26FN3O3/c1-12-10-22(11-13(2)25-12)17-6-5-14(8-16(17)19)21-18(23)20-9-15-4-3-7-24-15/h5-6,8,12-13,15H,3-4,7,9-11H2,1-2H3,(H2,20,21,23). The monoisotopic (exact) mass is 351 g/mol. The van der Waals surface area contributed by atoms with E-state index < -0.39 is 0 Å². The van der Waals surface area contributed by atoms with Crippen LogP contribution in [0.2, 0.25) is 0 Å². The summed E-state index contributed by atoms with van der Waals surface area (Å²) in [6.07, 6.45) is 2.18.